The minimum atomic E-state index is -0.834. The van der Waals surface area contributed by atoms with Crippen LogP contribution in [0.2, 0.25) is 0 Å². The van der Waals surface area contributed by atoms with Crippen molar-refractivity contribution < 1.29 is 19.2 Å². The van der Waals surface area contributed by atoms with Crippen molar-refractivity contribution in [3.05, 3.63) is 102 Å². The molecule has 38 heavy (non-hydrogen) atoms. The van der Waals surface area contributed by atoms with Gasteiger partial charge in [-0.2, -0.15) is 5.10 Å². The number of carbonyl (C=O) groups is 3. The third kappa shape index (κ3) is 5.84. The van der Waals surface area contributed by atoms with Crippen LogP contribution in [0.1, 0.15) is 47.6 Å². The number of aromatic nitrogens is 3. The van der Waals surface area contributed by atoms with Crippen LogP contribution in [-0.4, -0.2) is 38.5 Å². The van der Waals surface area contributed by atoms with E-state index in [2.05, 4.69) is 20.9 Å². The predicted octanol–water partition coefficient (Wildman–Crippen LogP) is 3.96. The van der Waals surface area contributed by atoms with Crippen molar-refractivity contribution in [2.45, 2.75) is 37.8 Å². The Morgan fingerprint density at radius 2 is 1.68 bits per heavy atom. The lowest BCUT2D eigenvalue weighted by Gasteiger charge is -2.24. The molecule has 9 nitrogen and oxygen atoms in total. The number of Topliss-reactive ketones (excluding diaryl/α,β-unsaturated/α-hetero) is 1. The quantitative estimate of drug-likeness (QED) is 0.247. The van der Waals surface area contributed by atoms with Crippen molar-refractivity contribution in [2.24, 2.45) is 0 Å². The largest absolute Gasteiger partial charge is 0.345 e. The Balaban J connectivity index is 1.34. The van der Waals surface area contributed by atoms with Gasteiger partial charge in [-0.3, -0.25) is 19.2 Å². The van der Waals surface area contributed by atoms with Crippen LogP contribution in [0.5, 0.6) is 0 Å². The topological polar surface area (TPSA) is 115 Å². The van der Waals surface area contributed by atoms with Gasteiger partial charge in [0.2, 0.25) is 5.78 Å². The molecule has 2 aromatic carbocycles. The molecule has 1 aliphatic rings. The Hall–Kier alpha value is -4.63. The number of pyridine rings is 1. The minimum Gasteiger partial charge on any atom is -0.345 e. The number of amides is 2. The van der Waals surface area contributed by atoms with Gasteiger partial charge in [0, 0.05) is 24.4 Å². The molecule has 2 aromatic heterocycles. The Morgan fingerprint density at radius 3 is 2.39 bits per heavy atom. The van der Waals surface area contributed by atoms with E-state index in [1.54, 1.807) is 41.3 Å². The maximum Gasteiger partial charge on any atom is 0.310 e. The van der Waals surface area contributed by atoms with Gasteiger partial charge in [0.05, 0.1) is 23.4 Å². The van der Waals surface area contributed by atoms with E-state index < -0.39 is 23.6 Å². The Labute approximate surface area is 219 Å². The lowest BCUT2D eigenvalue weighted by atomic mass is 9.97. The highest BCUT2D eigenvalue weighted by molar-refractivity contribution is 6.36. The Bertz CT molecular complexity index is 1420. The number of hydrogen-bond acceptors (Lipinski definition) is 6. The highest BCUT2D eigenvalue weighted by atomic mass is 16.7. The number of benzene rings is 2. The van der Waals surface area contributed by atoms with Gasteiger partial charge in [-0.05, 0) is 43.0 Å². The maximum absolute atomic E-state index is 13.5. The average molecular weight is 510 g/mol. The molecule has 5 rings (SSSR count). The second-order valence-corrected chi connectivity index (χ2v) is 9.05. The molecule has 1 aliphatic carbocycles. The number of hydrogen-bond donors (Lipinski definition) is 2. The SMILES string of the molecule is O=C(CC(NC(=O)c1cccnc1-n1ccc(-c2ccccc2)n1)c1ccccc1)C(=O)NOC1CCC1. The van der Waals surface area contributed by atoms with Gasteiger partial charge in [0.15, 0.2) is 5.82 Å². The summed E-state index contributed by atoms with van der Waals surface area (Å²) in [5.74, 6) is -1.63. The predicted molar refractivity (Wildman–Crippen MR) is 140 cm³/mol. The molecule has 2 heterocycles. The normalized spacial score (nSPS) is 13.8. The molecule has 2 amide bonds. The molecule has 192 valence electrons. The molecule has 0 aliphatic heterocycles. The van der Waals surface area contributed by atoms with Crippen LogP contribution in [0.3, 0.4) is 0 Å². The fourth-order valence-electron chi connectivity index (χ4n) is 4.10. The summed E-state index contributed by atoms with van der Waals surface area (Å²) in [7, 11) is 0. The van der Waals surface area contributed by atoms with Gasteiger partial charge in [0.25, 0.3) is 5.91 Å². The molecule has 1 fully saturated rings. The zero-order valence-corrected chi connectivity index (χ0v) is 20.6. The molecule has 1 atom stereocenters. The van der Waals surface area contributed by atoms with Crippen molar-refractivity contribution in [3.8, 4) is 17.1 Å². The summed E-state index contributed by atoms with van der Waals surface area (Å²) in [5.41, 5.74) is 4.90. The zero-order valence-electron chi connectivity index (χ0n) is 20.6. The van der Waals surface area contributed by atoms with Gasteiger partial charge < -0.3 is 5.32 Å². The first kappa shape index (κ1) is 25.0. The van der Waals surface area contributed by atoms with Crippen molar-refractivity contribution >= 4 is 17.6 Å². The lowest BCUT2D eigenvalue weighted by molar-refractivity contribution is -0.152. The van der Waals surface area contributed by atoms with Crippen LogP contribution in [0.25, 0.3) is 17.1 Å². The fourth-order valence-corrected chi connectivity index (χ4v) is 4.10. The number of nitrogens with zero attached hydrogens (tertiary/aromatic N) is 3. The van der Waals surface area contributed by atoms with E-state index in [0.717, 1.165) is 30.5 Å². The molecule has 0 radical (unpaired) electrons. The summed E-state index contributed by atoms with van der Waals surface area (Å²) in [5, 5.41) is 7.51. The third-order valence-corrected chi connectivity index (χ3v) is 6.43. The monoisotopic (exact) mass is 509 g/mol. The van der Waals surface area contributed by atoms with E-state index in [-0.39, 0.29) is 18.1 Å². The van der Waals surface area contributed by atoms with E-state index in [1.165, 1.54) is 0 Å². The molecule has 0 saturated heterocycles. The highest BCUT2D eigenvalue weighted by Crippen LogP contribution is 2.22. The smallest absolute Gasteiger partial charge is 0.310 e. The first-order chi connectivity index (χ1) is 18.6. The summed E-state index contributed by atoms with van der Waals surface area (Å²) < 4.78 is 1.55. The third-order valence-electron chi connectivity index (χ3n) is 6.43. The average Bonchev–Trinajstić information content (AvgIpc) is 3.43. The van der Waals surface area contributed by atoms with E-state index in [4.69, 9.17) is 4.84 Å². The highest BCUT2D eigenvalue weighted by Gasteiger charge is 2.26. The Morgan fingerprint density at radius 1 is 0.947 bits per heavy atom. The molecule has 4 aromatic rings. The van der Waals surface area contributed by atoms with Crippen LogP contribution >= 0.6 is 0 Å². The molecular weight excluding hydrogens is 482 g/mol. The first-order valence-corrected chi connectivity index (χ1v) is 12.5. The van der Waals surface area contributed by atoms with Gasteiger partial charge >= 0.3 is 5.91 Å². The summed E-state index contributed by atoms with van der Waals surface area (Å²) in [6.45, 7) is 0. The second-order valence-electron chi connectivity index (χ2n) is 9.05. The van der Waals surface area contributed by atoms with Crippen LogP contribution < -0.4 is 10.8 Å². The number of ketones is 1. The summed E-state index contributed by atoms with van der Waals surface area (Å²) in [6, 6.07) is 23.2. The van der Waals surface area contributed by atoms with Crippen molar-refractivity contribution in [1.82, 2.24) is 25.6 Å². The van der Waals surface area contributed by atoms with Crippen molar-refractivity contribution in [3.63, 3.8) is 0 Å². The molecule has 1 unspecified atom stereocenters. The fraction of sp³-hybridized carbons (Fsp3) is 0.207. The number of hydroxylamine groups is 1. The molecule has 0 spiro atoms. The summed E-state index contributed by atoms with van der Waals surface area (Å²) >= 11 is 0. The van der Waals surface area contributed by atoms with E-state index in [0.29, 0.717) is 11.4 Å². The number of carbonyl (C=O) groups excluding carboxylic acids is 3. The maximum atomic E-state index is 13.5. The van der Waals surface area contributed by atoms with Gasteiger partial charge in [-0.25, -0.2) is 15.1 Å². The molecule has 9 heteroatoms. The summed E-state index contributed by atoms with van der Waals surface area (Å²) in [6.07, 6.45) is 5.79. The van der Waals surface area contributed by atoms with E-state index in [9.17, 15) is 14.4 Å². The molecule has 2 N–H and O–H groups in total. The van der Waals surface area contributed by atoms with Crippen molar-refractivity contribution in [2.75, 3.05) is 0 Å². The molecule has 0 bridgehead atoms. The minimum absolute atomic E-state index is 0.0509. The van der Waals surface area contributed by atoms with Crippen LogP contribution in [0, 0.1) is 0 Å². The number of nitrogens with one attached hydrogen (secondary N) is 2. The summed E-state index contributed by atoms with van der Waals surface area (Å²) in [4.78, 5) is 48.2. The lowest BCUT2D eigenvalue weighted by Crippen LogP contribution is -2.39. The first-order valence-electron chi connectivity index (χ1n) is 12.5. The van der Waals surface area contributed by atoms with Crippen LogP contribution in [-0.2, 0) is 14.4 Å². The molecule has 1 saturated carbocycles. The van der Waals surface area contributed by atoms with Gasteiger partial charge in [0.1, 0.15) is 0 Å². The second kappa shape index (κ2) is 11.6. The van der Waals surface area contributed by atoms with Gasteiger partial charge in [-0.15, -0.1) is 0 Å². The van der Waals surface area contributed by atoms with E-state index >= 15 is 0 Å². The molecular formula is C29H27N5O4. The van der Waals surface area contributed by atoms with Crippen LogP contribution in [0.4, 0.5) is 0 Å². The zero-order chi connectivity index (χ0) is 26.3. The Kier molecular flexibility index (Phi) is 7.65. The van der Waals surface area contributed by atoms with Crippen LogP contribution in [0.15, 0.2) is 91.3 Å². The number of rotatable bonds is 10. The van der Waals surface area contributed by atoms with Gasteiger partial charge in [-0.1, -0.05) is 60.7 Å². The van der Waals surface area contributed by atoms with E-state index in [1.807, 2.05) is 54.6 Å². The van der Waals surface area contributed by atoms with Crippen molar-refractivity contribution in [1.29, 1.82) is 0 Å². The standard InChI is InChI=1S/C29H27N5O4/c35-26(29(37)33-38-22-13-7-14-22)19-25(21-11-5-2-6-12-21)31-28(36)23-15-8-17-30-27(23)34-18-16-24(32-34)20-9-3-1-4-10-20/h1-6,8-12,15-18,22,25H,7,13-14,19H2,(H,31,36)(H,33,37).